The maximum atomic E-state index is 11.8. The summed E-state index contributed by atoms with van der Waals surface area (Å²) in [4.78, 5) is 26.8. The lowest BCUT2D eigenvalue weighted by Gasteiger charge is -2.07. The van der Waals surface area contributed by atoms with E-state index in [2.05, 4.69) is 16.9 Å². The van der Waals surface area contributed by atoms with E-state index in [4.69, 9.17) is 9.84 Å². The number of carbonyl (C=O) groups is 2. The Labute approximate surface area is 150 Å². The van der Waals surface area contributed by atoms with E-state index >= 15 is 0 Å². The standard InChI is InChI=1S/C18H20N2O4S/c1-2-8-24-9-4-7-16(21)19-11-13-5-3-6-14(10-13)17-20-15(12-25-17)18(22)23/h2-3,5-6,10,12H,1,4,7-9,11H2,(H,19,21)(H,22,23). The van der Waals surface area contributed by atoms with Gasteiger partial charge >= 0.3 is 5.97 Å². The van der Waals surface area contributed by atoms with Crippen molar-refractivity contribution >= 4 is 23.2 Å². The van der Waals surface area contributed by atoms with Gasteiger partial charge in [-0.2, -0.15) is 0 Å². The van der Waals surface area contributed by atoms with Gasteiger partial charge in [-0.05, 0) is 18.1 Å². The minimum absolute atomic E-state index is 0.0324. The van der Waals surface area contributed by atoms with Gasteiger partial charge < -0.3 is 15.2 Å². The van der Waals surface area contributed by atoms with Crippen LogP contribution in [0.4, 0.5) is 0 Å². The molecule has 0 bridgehead atoms. The van der Waals surface area contributed by atoms with Crippen LogP contribution in [-0.4, -0.2) is 35.2 Å². The number of hydrogen-bond donors (Lipinski definition) is 2. The van der Waals surface area contributed by atoms with Gasteiger partial charge in [-0.1, -0.05) is 24.3 Å². The second kappa shape index (κ2) is 9.71. The molecular formula is C18H20N2O4S. The SMILES string of the molecule is C=CCOCCCC(=O)NCc1cccc(-c2nc(C(=O)O)cs2)c1. The van der Waals surface area contributed by atoms with Crippen LogP contribution in [-0.2, 0) is 16.1 Å². The molecule has 2 aromatic rings. The molecule has 0 saturated heterocycles. The number of carboxylic acids is 1. The summed E-state index contributed by atoms with van der Waals surface area (Å²) in [7, 11) is 0. The van der Waals surface area contributed by atoms with Crippen LogP contribution in [0.3, 0.4) is 0 Å². The lowest BCUT2D eigenvalue weighted by atomic mass is 10.1. The van der Waals surface area contributed by atoms with Gasteiger partial charge in [-0.15, -0.1) is 17.9 Å². The summed E-state index contributed by atoms with van der Waals surface area (Å²) in [6.07, 6.45) is 2.75. The summed E-state index contributed by atoms with van der Waals surface area (Å²) >= 11 is 1.28. The van der Waals surface area contributed by atoms with Crippen molar-refractivity contribution in [1.82, 2.24) is 10.3 Å². The monoisotopic (exact) mass is 360 g/mol. The van der Waals surface area contributed by atoms with E-state index in [9.17, 15) is 9.59 Å². The Kier molecular flexibility index (Phi) is 7.31. The fraction of sp³-hybridized carbons (Fsp3) is 0.278. The second-order valence-corrected chi connectivity index (χ2v) is 6.15. The Balaban J connectivity index is 1.85. The molecule has 0 aliphatic heterocycles. The van der Waals surface area contributed by atoms with E-state index in [1.807, 2.05) is 24.3 Å². The van der Waals surface area contributed by atoms with Crippen molar-refractivity contribution < 1.29 is 19.4 Å². The number of thiazole rings is 1. The first kappa shape index (κ1) is 18.8. The number of amides is 1. The molecule has 1 aromatic carbocycles. The third-order valence-electron chi connectivity index (χ3n) is 3.32. The third-order valence-corrected chi connectivity index (χ3v) is 4.21. The van der Waals surface area contributed by atoms with E-state index in [1.165, 1.54) is 16.7 Å². The topological polar surface area (TPSA) is 88.5 Å². The number of ether oxygens (including phenoxy) is 1. The van der Waals surface area contributed by atoms with Crippen LogP contribution < -0.4 is 5.32 Å². The molecule has 0 radical (unpaired) electrons. The number of nitrogens with one attached hydrogen (secondary N) is 1. The van der Waals surface area contributed by atoms with Gasteiger partial charge in [0.25, 0.3) is 0 Å². The molecule has 0 atom stereocenters. The molecular weight excluding hydrogens is 340 g/mol. The van der Waals surface area contributed by atoms with E-state index in [1.54, 1.807) is 6.08 Å². The molecule has 1 amide bonds. The average molecular weight is 360 g/mol. The van der Waals surface area contributed by atoms with Crippen molar-refractivity contribution in [3.05, 3.63) is 53.6 Å². The summed E-state index contributed by atoms with van der Waals surface area (Å²) < 4.78 is 5.23. The first-order valence-corrected chi connectivity index (χ1v) is 8.71. The number of hydrogen-bond acceptors (Lipinski definition) is 5. The summed E-state index contributed by atoms with van der Waals surface area (Å²) in [6.45, 7) is 5.00. The Morgan fingerprint density at radius 2 is 2.24 bits per heavy atom. The normalized spacial score (nSPS) is 10.4. The predicted octanol–water partition coefficient (Wildman–Crippen LogP) is 3.11. The zero-order chi connectivity index (χ0) is 18.1. The number of aromatic carboxylic acids is 1. The van der Waals surface area contributed by atoms with E-state index in [0.717, 1.165) is 11.1 Å². The highest BCUT2D eigenvalue weighted by Crippen LogP contribution is 2.24. The average Bonchev–Trinajstić information content (AvgIpc) is 3.10. The van der Waals surface area contributed by atoms with Crippen LogP contribution in [0, 0.1) is 0 Å². The highest BCUT2D eigenvalue weighted by atomic mass is 32.1. The Bertz CT molecular complexity index is 742. The lowest BCUT2D eigenvalue weighted by Crippen LogP contribution is -2.22. The molecule has 0 unspecified atom stereocenters. The molecule has 0 aliphatic rings. The minimum atomic E-state index is -1.04. The van der Waals surface area contributed by atoms with Gasteiger partial charge in [0, 0.05) is 30.5 Å². The highest BCUT2D eigenvalue weighted by Gasteiger charge is 2.10. The van der Waals surface area contributed by atoms with E-state index in [-0.39, 0.29) is 11.6 Å². The molecule has 0 saturated carbocycles. The molecule has 0 fully saturated rings. The van der Waals surface area contributed by atoms with Crippen molar-refractivity contribution in [3.8, 4) is 10.6 Å². The number of nitrogens with zero attached hydrogens (tertiary/aromatic N) is 1. The fourth-order valence-electron chi connectivity index (χ4n) is 2.11. The number of rotatable bonds is 10. The quantitative estimate of drug-likeness (QED) is 0.502. The van der Waals surface area contributed by atoms with E-state index in [0.29, 0.717) is 37.6 Å². The highest BCUT2D eigenvalue weighted by molar-refractivity contribution is 7.13. The summed E-state index contributed by atoms with van der Waals surface area (Å²) in [5.74, 6) is -1.07. The Hall–Kier alpha value is -2.51. The van der Waals surface area contributed by atoms with Crippen molar-refractivity contribution in [2.75, 3.05) is 13.2 Å². The summed E-state index contributed by atoms with van der Waals surface area (Å²) in [5.41, 5.74) is 1.81. The van der Waals surface area contributed by atoms with Crippen LogP contribution in [0.5, 0.6) is 0 Å². The van der Waals surface area contributed by atoms with E-state index < -0.39 is 5.97 Å². The zero-order valence-electron chi connectivity index (χ0n) is 13.7. The molecule has 1 heterocycles. The molecule has 25 heavy (non-hydrogen) atoms. The van der Waals surface area contributed by atoms with Gasteiger partial charge in [0.15, 0.2) is 5.69 Å². The van der Waals surface area contributed by atoms with Gasteiger partial charge in [0.05, 0.1) is 6.61 Å². The summed E-state index contributed by atoms with van der Waals surface area (Å²) in [6, 6.07) is 7.54. The van der Waals surface area contributed by atoms with Crippen LogP contribution in [0.2, 0.25) is 0 Å². The van der Waals surface area contributed by atoms with Gasteiger partial charge in [0.1, 0.15) is 5.01 Å². The fourth-order valence-corrected chi connectivity index (χ4v) is 2.90. The van der Waals surface area contributed by atoms with Crippen LogP contribution in [0.25, 0.3) is 10.6 Å². The molecule has 2 N–H and O–H groups in total. The van der Waals surface area contributed by atoms with Crippen LogP contribution in [0.1, 0.15) is 28.9 Å². The van der Waals surface area contributed by atoms with Crippen molar-refractivity contribution in [2.45, 2.75) is 19.4 Å². The van der Waals surface area contributed by atoms with Crippen molar-refractivity contribution in [3.63, 3.8) is 0 Å². The number of aromatic nitrogens is 1. The maximum Gasteiger partial charge on any atom is 0.355 e. The molecule has 1 aromatic heterocycles. The molecule has 0 aliphatic carbocycles. The smallest absolute Gasteiger partial charge is 0.355 e. The zero-order valence-corrected chi connectivity index (χ0v) is 14.6. The Morgan fingerprint density at radius 3 is 2.96 bits per heavy atom. The molecule has 6 nitrogen and oxygen atoms in total. The predicted molar refractivity (Wildman–Crippen MR) is 96.6 cm³/mol. The molecule has 2 rings (SSSR count). The third kappa shape index (κ3) is 6.13. The van der Waals surface area contributed by atoms with Crippen molar-refractivity contribution in [1.29, 1.82) is 0 Å². The van der Waals surface area contributed by atoms with Crippen LogP contribution in [0.15, 0.2) is 42.3 Å². The summed E-state index contributed by atoms with van der Waals surface area (Å²) in [5, 5.41) is 14.0. The van der Waals surface area contributed by atoms with Crippen LogP contribution >= 0.6 is 11.3 Å². The Morgan fingerprint density at radius 1 is 1.40 bits per heavy atom. The number of carbonyl (C=O) groups excluding carboxylic acids is 1. The van der Waals surface area contributed by atoms with Gasteiger partial charge in [-0.3, -0.25) is 4.79 Å². The molecule has 132 valence electrons. The minimum Gasteiger partial charge on any atom is -0.476 e. The lowest BCUT2D eigenvalue weighted by molar-refractivity contribution is -0.121. The first-order chi connectivity index (χ1) is 12.1. The van der Waals surface area contributed by atoms with Gasteiger partial charge in [0.2, 0.25) is 5.91 Å². The molecule has 0 spiro atoms. The van der Waals surface area contributed by atoms with Crippen molar-refractivity contribution in [2.24, 2.45) is 0 Å². The van der Waals surface area contributed by atoms with Gasteiger partial charge in [-0.25, -0.2) is 9.78 Å². The number of benzene rings is 1. The maximum absolute atomic E-state index is 11.8. The number of carboxylic acid groups (broad SMARTS) is 1. The first-order valence-electron chi connectivity index (χ1n) is 7.83. The largest absolute Gasteiger partial charge is 0.476 e. The second-order valence-electron chi connectivity index (χ2n) is 5.29. The molecule has 7 heteroatoms.